The molecule has 4 aromatic rings. The first-order chi connectivity index (χ1) is 16.1. The number of hydrogen-bond acceptors (Lipinski definition) is 3. The molecule has 1 fully saturated rings. The minimum atomic E-state index is -0.354. The highest BCUT2D eigenvalue weighted by Gasteiger charge is 2.50. The van der Waals surface area contributed by atoms with Crippen molar-refractivity contribution in [3.63, 3.8) is 0 Å². The predicted molar refractivity (Wildman–Crippen MR) is 132 cm³/mol. The van der Waals surface area contributed by atoms with Crippen LogP contribution in [0.3, 0.4) is 0 Å². The molecule has 1 amide bonds. The molecule has 0 aliphatic carbocycles. The first kappa shape index (κ1) is 20.0. The number of carbonyl (C=O) groups excluding carboxylic acids is 1. The minimum Gasteiger partial charge on any atom is -0.508 e. The Morgan fingerprint density at radius 1 is 1.00 bits per heavy atom. The van der Waals surface area contributed by atoms with E-state index in [9.17, 15) is 9.90 Å². The van der Waals surface area contributed by atoms with E-state index < -0.39 is 0 Å². The zero-order valence-corrected chi connectivity index (χ0v) is 18.8. The molecule has 2 aliphatic rings. The number of aromatic nitrogens is 1. The number of fused-ring (bicyclic) bond motifs is 4. The van der Waals surface area contributed by atoms with Gasteiger partial charge in [0.1, 0.15) is 11.8 Å². The van der Waals surface area contributed by atoms with Gasteiger partial charge in [0.2, 0.25) is 0 Å². The fourth-order valence-corrected chi connectivity index (χ4v) is 5.68. The van der Waals surface area contributed by atoms with E-state index in [-0.39, 0.29) is 23.7 Å². The van der Waals surface area contributed by atoms with Gasteiger partial charge in [-0.05, 0) is 53.5 Å². The number of nitrogens with zero attached hydrogens (tertiary/aromatic N) is 2. The number of phenols is 1. The minimum absolute atomic E-state index is 0.0528. The summed E-state index contributed by atoms with van der Waals surface area (Å²) >= 11 is 5.91. The van der Waals surface area contributed by atoms with Crippen LogP contribution in [-0.2, 0) is 17.6 Å². The first-order valence-corrected chi connectivity index (χ1v) is 11.6. The van der Waals surface area contributed by atoms with Crippen LogP contribution >= 0.6 is 12.2 Å². The van der Waals surface area contributed by atoms with Crippen LogP contribution in [0.1, 0.15) is 28.4 Å². The van der Waals surface area contributed by atoms with E-state index in [0.717, 1.165) is 34.1 Å². The van der Waals surface area contributed by atoms with Crippen molar-refractivity contribution in [1.82, 2.24) is 14.8 Å². The molecule has 2 unspecified atom stereocenters. The molecule has 1 aromatic heterocycles. The van der Waals surface area contributed by atoms with E-state index in [1.807, 2.05) is 42.5 Å². The lowest BCUT2D eigenvalue weighted by Gasteiger charge is -2.37. The summed E-state index contributed by atoms with van der Waals surface area (Å²) in [7, 11) is 0. The average Bonchev–Trinajstić information content (AvgIpc) is 3.32. The third kappa shape index (κ3) is 3.21. The Bertz CT molecular complexity index is 1380. The number of thiocarbonyl (C=S) groups is 1. The number of benzene rings is 3. The Kier molecular flexibility index (Phi) is 4.69. The molecule has 2 N–H and O–H groups in total. The zero-order valence-electron chi connectivity index (χ0n) is 17.9. The van der Waals surface area contributed by atoms with Crippen molar-refractivity contribution in [2.75, 3.05) is 6.54 Å². The Hall–Kier alpha value is -3.64. The molecule has 3 heterocycles. The Labute approximate surface area is 197 Å². The zero-order chi connectivity index (χ0) is 22.5. The van der Waals surface area contributed by atoms with Gasteiger partial charge in [0.25, 0.3) is 5.91 Å². The van der Waals surface area contributed by atoms with Crippen molar-refractivity contribution < 1.29 is 9.90 Å². The second-order valence-corrected chi connectivity index (χ2v) is 9.06. The van der Waals surface area contributed by atoms with Crippen molar-refractivity contribution >= 4 is 34.1 Å². The van der Waals surface area contributed by atoms with E-state index in [0.29, 0.717) is 18.1 Å². The summed E-state index contributed by atoms with van der Waals surface area (Å²) in [5, 5.41) is 11.9. The van der Waals surface area contributed by atoms with Gasteiger partial charge in [-0.1, -0.05) is 60.7 Å². The largest absolute Gasteiger partial charge is 0.508 e. The van der Waals surface area contributed by atoms with E-state index in [1.165, 1.54) is 5.56 Å². The van der Waals surface area contributed by atoms with E-state index in [1.54, 1.807) is 17.0 Å². The molecule has 0 bridgehead atoms. The number of hydrogen-bond donors (Lipinski definition) is 2. The molecule has 1 saturated heterocycles. The van der Waals surface area contributed by atoms with Gasteiger partial charge in [-0.3, -0.25) is 9.69 Å². The standard InChI is InChI=1S/C27H23N3O2S/c31-19-10-6-9-18(15-19)25-24-21(20-11-4-5-12-22(20)28-24)16-23-26(32)29(27(33)30(23)25)14-13-17-7-2-1-3-8-17/h1-12,15,23,25,28,31H,13-14,16H2. The van der Waals surface area contributed by atoms with Gasteiger partial charge >= 0.3 is 0 Å². The van der Waals surface area contributed by atoms with E-state index in [4.69, 9.17) is 12.2 Å². The molecule has 2 aliphatic heterocycles. The Morgan fingerprint density at radius 2 is 1.79 bits per heavy atom. The van der Waals surface area contributed by atoms with E-state index >= 15 is 0 Å². The molecule has 6 rings (SSSR count). The topological polar surface area (TPSA) is 59.6 Å². The van der Waals surface area contributed by atoms with Crippen LogP contribution in [0, 0.1) is 0 Å². The van der Waals surface area contributed by atoms with Gasteiger partial charge in [-0.15, -0.1) is 0 Å². The second kappa shape index (κ2) is 7.74. The van der Waals surface area contributed by atoms with Crippen LogP contribution in [0.25, 0.3) is 10.9 Å². The van der Waals surface area contributed by atoms with Gasteiger partial charge < -0.3 is 15.0 Å². The summed E-state index contributed by atoms with van der Waals surface area (Å²) in [5.41, 5.74) is 5.33. The van der Waals surface area contributed by atoms with Crippen molar-refractivity contribution in [1.29, 1.82) is 0 Å². The lowest BCUT2D eigenvalue weighted by atomic mass is 9.89. The van der Waals surface area contributed by atoms with Crippen LogP contribution in [0.4, 0.5) is 0 Å². The molecule has 0 spiro atoms. The number of rotatable bonds is 4. The summed E-state index contributed by atoms with van der Waals surface area (Å²) in [6.07, 6.45) is 1.35. The summed E-state index contributed by atoms with van der Waals surface area (Å²) in [6.45, 7) is 0.552. The number of aromatic hydroxyl groups is 1. The van der Waals surface area contributed by atoms with Gasteiger partial charge in [-0.25, -0.2) is 0 Å². The molecule has 3 aromatic carbocycles. The average molecular weight is 454 g/mol. The van der Waals surface area contributed by atoms with Crippen molar-refractivity contribution in [3.8, 4) is 5.75 Å². The van der Waals surface area contributed by atoms with Crippen LogP contribution in [0.15, 0.2) is 78.9 Å². The monoisotopic (exact) mass is 453 g/mol. The van der Waals surface area contributed by atoms with Gasteiger partial charge in [0.15, 0.2) is 5.11 Å². The number of carbonyl (C=O) groups is 1. The van der Waals surface area contributed by atoms with Crippen molar-refractivity contribution in [2.24, 2.45) is 0 Å². The fourth-order valence-electron chi connectivity index (χ4n) is 5.26. The van der Waals surface area contributed by atoms with Crippen LogP contribution < -0.4 is 0 Å². The Morgan fingerprint density at radius 3 is 2.61 bits per heavy atom. The molecule has 33 heavy (non-hydrogen) atoms. The number of nitrogens with one attached hydrogen (secondary N) is 1. The maximum Gasteiger partial charge on any atom is 0.251 e. The molecular formula is C27H23N3O2S. The maximum atomic E-state index is 13.6. The molecule has 0 saturated carbocycles. The third-order valence-corrected chi connectivity index (χ3v) is 7.22. The first-order valence-electron chi connectivity index (χ1n) is 11.2. The van der Waals surface area contributed by atoms with Gasteiger partial charge in [0.05, 0.1) is 6.04 Å². The molecule has 5 nitrogen and oxygen atoms in total. The van der Waals surface area contributed by atoms with E-state index in [2.05, 4.69) is 34.1 Å². The molecular weight excluding hydrogens is 430 g/mol. The second-order valence-electron chi connectivity index (χ2n) is 8.70. The SMILES string of the molecule is O=C1C2Cc3c([nH]c4ccccc34)C(c3cccc(O)c3)N2C(=S)N1CCc1ccccc1. The van der Waals surface area contributed by atoms with Crippen molar-refractivity contribution in [2.45, 2.75) is 24.9 Å². The predicted octanol–water partition coefficient (Wildman–Crippen LogP) is 4.56. The summed E-state index contributed by atoms with van der Waals surface area (Å²) < 4.78 is 0. The lowest BCUT2D eigenvalue weighted by molar-refractivity contribution is -0.128. The fraction of sp³-hybridized carbons (Fsp3) is 0.185. The number of aromatic amines is 1. The Balaban J connectivity index is 1.43. The van der Waals surface area contributed by atoms with Crippen LogP contribution in [0.2, 0.25) is 0 Å². The summed E-state index contributed by atoms with van der Waals surface area (Å²) in [5.74, 6) is 0.252. The number of phenolic OH excluding ortho intramolecular Hbond substituents is 1. The molecule has 6 heteroatoms. The maximum absolute atomic E-state index is 13.6. The molecule has 2 atom stereocenters. The number of H-pyrrole nitrogens is 1. The smallest absolute Gasteiger partial charge is 0.251 e. The normalized spacial score (nSPS) is 19.8. The lowest BCUT2D eigenvalue weighted by Crippen LogP contribution is -2.44. The summed E-state index contributed by atoms with van der Waals surface area (Å²) in [4.78, 5) is 21.0. The highest BCUT2D eigenvalue weighted by molar-refractivity contribution is 7.80. The highest BCUT2D eigenvalue weighted by atomic mass is 32.1. The number of amides is 1. The molecule has 0 radical (unpaired) electrons. The third-order valence-electron chi connectivity index (χ3n) is 6.79. The van der Waals surface area contributed by atoms with Gasteiger partial charge in [-0.2, -0.15) is 0 Å². The summed E-state index contributed by atoms with van der Waals surface area (Å²) in [6, 6.07) is 25.0. The van der Waals surface area contributed by atoms with Crippen LogP contribution in [-0.4, -0.2) is 43.5 Å². The molecule has 164 valence electrons. The highest BCUT2D eigenvalue weighted by Crippen LogP contribution is 2.44. The van der Waals surface area contributed by atoms with Crippen LogP contribution in [0.5, 0.6) is 5.75 Å². The van der Waals surface area contributed by atoms with Gasteiger partial charge in [0, 0.05) is 29.6 Å². The van der Waals surface area contributed by atoms with Crippen molar-refractivity contribution in [3.05, 3.63) is 101 Å². The number of para-hydroxylation sites is 1. The quantitative estimate of drug-likeness (QED) is 0.445.